The Morgan fingerprint density at radius 1 is 1.38 bits per heavy atom. The van der Waals surface area contributed by atoms with Crippen molar-refractivity contribution in [3.63, 3.8) is 0 Å². The summed E-state index contributed by atoms with van der Waals surface area (Å²) in [4.78, 5) is 12.6. The van der Waals surface area contributed by atoms with Gasteiger partial charge in [-0.2, -0.15) is 0 Å². The molecule has 0 amide bonds. The molecule has 2 rings (SSSR count). The number of carboxylic acids is 1. The van der Waals surface area contributed by atoms with Crippen molar-refractivity contribution in [2.45, 2.75) is 12.8 Å². The molecule has 0 unspecified atom stereocenters. The van der Waals surface area contributed by atoms with Gasteiger partial charge in [-0.1, -0.05) is 0 Å². The molecular formula is C9H11NO3. The Morgan fingerprint density at radius 3 is 2.62 bits per heavy atom. The van der Waals surface area contributed by atoms with Crippen molar-refractivity contribution in [2.75, 3.05) is 18.0 Å². The molecular weight excluding hydrogens is 170 g/mol. The molecule has 4 nitrogen and oxygen atoms in total. The summed E-state index contributed by atoms with van der Waals surface area (Å²) in [7, 11) is 0. The average molecular weight is 181 g/mol. The summed E-state index contributed by atoms with van der Waals surface area (Å²) < 4.78 is 5.16. The van der Waals surface area contributed by atoms with E-state index in [1.54, 1.807) is 6.07 Å². The van der Waals surface area contributed by atoms with Crippen molar-refractivity contribution in [3.8, 4) is 0 Å². The minimum Gasteiger partial charge on any atom is -0.475 e. The molecule has 0 bridgehead atoms. The first kappa shape index (κ1) is 8.16. The lowest BCUT2D eigenvalue weighted by molar-refractivity contribution is 0.0663. The van der Waals surface area contributed by atoms with Gasteiger partial charge in [-0.3, -0.25) is 0 Å². The lowest BCUT2D eigenvalue weighted by Crippen LogP contribution is -2.16. The number of nitrogens with zero attached hydrogens (tertiary/aromatic N) is 1. The summed E-state index contributed by atoms with van der Waals surface area (Å²) in [5, 5.41) is 8.63. The predicted octanol–water partition coefficient (Wildman–Crippen LogP) is 1.58. The highest BCUT2D eigenvalue weighted by Gasteiger charge is 2.17. The van der Waals surface area contributed by atoms with E-state index in [4.69, 9.17) is 9.52 Å². The van der Waals surface area contributed by atoms with Crippen molar-refractivity contribution >= 4 is 11.9 Å². The maximum atomic E-state index is 10.5. The van der Waals surface area contributed by atoms with Gasteiger partial charge in [0.15, 0.2) is 5.88 Å². The zero-order chi connectivity index (χ0) is 9.26. The first-order chi connectivity index (χ1) is 6.27. The predicted molar refractivity (Wildman–Crippen MR) is 47.1 cm³/mol. The summed E-state index contributed by atoms with van der Waals surface area (Å²) in [5.74, 6) is -0.317. The van der Waals surface area contributed by atoms with E-state index in [9.17, 15) is 4.79 Å². The number of carbonyl (C=O) groups is 1. The van der Waals surface area contributed by atoms with E-state index in [0.717, 1.165) is 25.9 Å². The zero-order valence-corrected chi connectivity index (χ0v) is 7.19. The van der Waals surface area contributed by atoms with Crippen LogP contribution in [0.2, 0.25) is 0 Å². The van der Waals surface area contributed by atoms with Crippen LogP contribution in [0.4, 0.5) is 5.88 Å². The second kappa shape index (κ2) is 3.12. The Labute approximate surface area is 75.8 Å². The second-order valence-electron chi connectivity index (χ2n) is 3.14. The number of rotatable bonds is 2. The normalized spacial score (nSPS) is 16.5. The number of carboxylic acid groups (broad SMARTS) is 1. The van der Waals surface area contributed by atoms with Gasteiger partial charge in [0.1, 0.15) is 0 Å². The molecule has 0 radical (unpaired) electrons. The van der Waals surface area contributed by atoms with Crippen molar-refractivity contribution in [3.05, 3.63) is 17.9 Å². The van der Waals surface area contributed by atoms with Crippen molar-refractivity contribution < 1.29 is 14.3 Å². The monoisotopic (exact) mass is 181 g/mol. The summed E-state index contributed by atoms with van der Waals surface area (Å²) in [5.41, 5.74) is 0. The van der Waals surface area contributed by atoms with Gasteiger partial charge in [-0.15, -0.1) is 0 Å². The van der Waals surface area contributed by atoms with E-state index in [1.807, 2.05) is 0 Å². The Bertz CT molecular complexity index is 312. The number of hydrogen-bond acceptors (Lipinski definition) is 3. The molecule has 0 saturated carbocycles. The summed E-state index contributed by atoms with van der Waals surface area (Å²) in [6.45, 7) is 1.93. The maximum absolute atomic E-state index is 10.5. The SMILES string of the molecule is O=C(O)c1ccc(N2CCCC2)o1. The average Bonchev–Trinajstić information content (AvgIpc) is 2.75. The minimum absolute atomic E-state index is 0.0156. The molecule has 0 aromatic carbocycles. The van der Waals surface area contributed by atoms with Crippen LogP contribution in [0.15, 0.2) is 16.5 Å². The Balaban J connectivity index is 2.16. The molecule has 1 aromatic rings. The van der Waals surface area contributed by atoms with Gasteiger partial charge in [0.2, 0.25) is 5.76 Å². The van der Waals surface area contributed by atoms with Crippen LogP contribution in [-0.2, 0) is 0 Å². The topological polar surface area (TPSA) is 53.7 Å². The molecule has 0 aliphatic carbocycles. The van der Waals surface area contributed by atoms with Crippen molar-refractivity contribution in [1.82, 2.24) is 0 Å². The van der Waals surface area contributed by atoms with Gasteiger partial charge < -0.3 is 14.4 Å². The first-order valence-corrected chi connectivity index (χ1v) is 4.35. The van der Waals surface area contributed by atoms with Gasteiger partial charge in [0.05, 0.1) is 0 Å². The zero-order valence-electron chi connectivity index (χ0n) is 7.19. The van der Waals surface area contributed by atoms with E-state index in [1.165, 1.54) is 6.07 Å². The molecule has 1 fully saturated rings. The van der Waals surface area contributed by atoms with Crippen LogP contribution in [0.3, 0.4) is 0 Å². The van der Waals surface area contributed by atoms with E-state index in [2.05, 4.69) is 4.90 Å². The van der Waals surface area contributed by atoms with Gasteiger partial charge in [-0.25, -0.2) is 4.79 Å². The van der Waals surface area contributed by atoms with Crippen LogP contribution in [-0.4, -0.2) is 24.2 Å². The molecule has 13 heavy (non-hydrogen) atoms. The molecule has 1 N–H and O–H groups in total. The third kappa shape index (κ3) is 1.52. The van der Waals surface area contributed by atoms with Crippen LogP contribution < -0.4 is 4.90 Å². The fourth-order valence-corrected chi connectivity index (χ4v) is 1.55. The molecule has 1 saturated heterocycles. The highest BCUT2D eigenvalue weighted by molar-refractivity contribution is 5.84. The smallest absolute Gasteiger partial charge is 0.371 e. The summed E-state index contributed by atoms with van der Waals surface area (Å²) in [6, 6.07) is 3.21. The Kier molecular flexibility index (Phi) is 1.96. The highest BCUT2D eigenvalue weighted by Crippen LogP contribution is 2.22. The van der Waals surface area contributed by atoms with Crippen molar-refractivity contribution in [1.29, 1.82) is 0 Å². The molecule has 0 spiro atoms. The van der Waals surface area contributed by atoms with E-state index < -0.39 is 5.97 Å². The lowest BCUT2D eigenvalue weighted by Gasteiger charge is -2.12. The molecule has 0 atom stereocenters. The summed E-state index contributed by atoms with van der Waals surface area (Å²) in [6.07, 6.45) is 2.31. The van der Waals surface area contributed by atoms with Gasteiger partial charge in [-0.05, 0) is 18.9 Å². The van der Waals surface area contributed by atoms with Gasteiger partial charge in [0.25, 0.3) is 0 Å². The maximum Gasteiger partial charge on any atom is 0.371 e. The number of furan rings is 1. The lowest BCUT2D eigenvalue weighted by atomic mass is 10.4. The van der Waals surface area contributed by atoms with Crippen LogP contribution in [0.1, 0.15) is 23.4 Å². The van der Waals surface area contributed by atoms with E-state index in [0.29, 0.717) is 5.88 Å². The third-order valence-electron chi connectivity index (χ3n) is 2.22. The van der Waals surface area contributed by atoms with Crippen LogP contribution in [0.25, 0.3) is 0 Å². The summed E-state index contributed by atoms with van der Waals surface area (Å²) >= 11 is 0. The van der Waals surface area contributed by atoms with Crippen molar-refractivity contribution in [2.24, 2.45) is 0 Å². The Hall–Kier alpha value is -1.45. The van der Waals surface area contributed by atoms with Gasteiger partial charge in [0, 0.05) is 19.2 Å². The first-order valence-electron chi connectivity index (χ1n) is 4.35. The largest absolute Gasteiger partial charge is 0.475 e. The highest BCUT2D eigenvalue weighted by atomic mass is 16.4. The molecule has 1 aliphatic rings. The Morgan fingerprint density at radius 2 is 2.08 bits per heavy atom. The van der Waals surface area contributed by atoms with E-state index in [-0.39, 0.29) is 5.76 Å². The quantitative estimate of drug-likeness (QED) is 0.752. The second-order valence-corrected chi connectivity index (χ2v) is 3.14. The fourth-order valence-electron chi connectivity index (χ4n) is 1.55. The number of hydrogen-bond donors (Lipinski definition) is 1. The minimum atomic E-state index is -1.01. The fraction of sp³-hybridized carbons (Fsp3) is 0.444. The standard InChI is InChI=1S/C9H11NO3/c11-9(12)7-3-4-8(13-7)10-5-1-2-6-10/h3-4H,1-2,5-6H2,(H,11,12). The molecule has 1 aliphatic heterocycles. The van der Waals surface area contributed by atoms with Crippen LogP contribution in [0, 0.1) is 0 Å². The van der Waals surface area contributed by atoms with E-state index >= 15 is 0 Å². The molecule has 1 aromatic heterocycles. The third-order valence-corrected chi connectivity index (χ3v) is 2.22. The van der Waals surface area contributed by atoms with Crippen LogP contribution in [0.5, 0.6) is 0 Å². The number of anilines is 1. The van der Waals surface area contributed by atoms with Crippen LogP contribution >= 0.6 is 0 Å². The van der Waals surface area contributed by atoms with Gasteiger partial charge >= 0.3 is 5.97 Å². The molecule has 4 heteroatoms. The number of aromatic carboxylic acids is 1. The molecule has 2 heterocycles. The molecule has 70 valence electrons.